The van der Waals surface area contributed by atoms with Crippen LogP contribution < -0.4 is 0 Å². The van der Waals surface area contributed by atoms with Crippen LogP contribution in [0.3, 0.4) is 0 Å². The highest BCUT2D eigenvalue weighted by Crippen LogP contribution is 2.36. The fourth-order valence-corrected chi connectivity index (χ4v) is 4.15. The van der Waals surface area contributed by atoms with E-state index in [0.717, 1.165) is 51.0 Å². The highest BCUT2D eigenvalue weighted by molar-refractivity contribution is 5.78. The number of piperidine rings is 1. The highest BCUT2D eigenvalue weighted by atomic mass is 16.3. The van der Waals surface area contributed by atoms with E-state index >= 15 is 0 Å². The Bertz CT molecular complexity index is 548. The molecule has 1 heterocycles. The maximum Gasteiger partial charge on any atom is 0.225 e. The van der Waals surface area contributed by atoms with Gasteiger partial charge in [0, 0.05) is 25.0 Å². The number of rotatable bonds is 4. The first-order valence-electron chi connectivity index (χ1n) is 8.94. The van der Waals surface area contributed by atoms with E-state index in [9.17, 15) is 9.90 Å². The van der Waals surface area contributed by atoms with Gasteiger partial charge in [0.05, 0.1) is 6.10 Å². The number of aliphatic hydroxyl groups excluding tert-OH is 1. The van der Waals surface area contributed by atoms with E-state index in [4.69, 9.17) is 0 Å². The predicted octanol–water partition coefficient (Wildman–Crippen LogP) is 2.23. The average molecular weight is 316 g/mol. The van der Waals surface area contributed by atoms with Crippen molar-refractivity contribution in [2.24, 2.45) is 5.92 Å². The lowest BCUT2D eigenvalue weighted by Gasteiger charge is -2.38. The Morgan fingerprint density at radius 2 is 1.87 bits per heavy atom. The van der Waals surface area contributed by atoms with Crippen LogP contribution in [-0.2, 0) is 11.2 Å². The Kier molecular flexibility index (Phi) is 5.02. The van der Waals surface area contributed by atoms with Crippen LogP contribution >= 0.6 is 0 Å². The summed E-state index contributed by atoms with van der Waals surface area (Å²) < 4.78 is 0. The molecule has 2 aliphatic rings. The molecule has 4 nitrogen and oxygen atoms in total. The van der Waals surface area contributed by atoms with Crippen LogP contribution in [0.2, 0.25) is 0 Å². The molecule has 1 amide bonds. The average Bonchev–Trinajstić information content (AvgIpc) is 2.93. The van der Waals surface area contributed by atoms with E-state index in [1.807, 2.05) is 36.9 Å². The number of aliphatic hydroxyl groups is 1. The number of carbonyl (C=O) groups excluding carboxylic acids is 1. The molecule has 0 spiro atoms. The second-order valence-electron chi connectivity index (χ2n) is 6.74. The van der Waals surface area contributed by atoms with Crippen LogP contribution in [0.15, 0.2) is 24.3 Å². The van der Waals surface area contributed by atoms with Crippen molar-refractivity contribution in [3.8, 4) is 0 Å². The minimum absolute atomic E-state index is 0.159. The monoisotopic (exact) mass is 316 g/mol. The fraction of sp³-hybridized carbons (Fsp3) is 0.632. The molecule has 0 saturated carbocycles. The SMILES string of the molecule is CCN(CC)C(=O)C1CCN([C@@H]2Cc3ccccc3[C@@H]2O)CC1. The van der Waals surface area contributed by atoms with Crippen LogP contribution in [0.5, 0.6) is 0 Å². The molecular weight excluding hydrogens is 288 g/mol. The summed E-state index contributed by atoms with van der Waals surface area (Å²) in [7, 11) is 0. The van der Waals surface area contributed by atoms with Crippen LogP contribution in [0.25, 0.3) is 0 Å². The molecule has 2 atom stereocenters. The van der Waals surface area contributed by atoms with Crippen molar-refractivity contribution in [3.05, 3.63) is 35.4 Å². The third-order valence-electron chi connectivity index (χ3n) is 5.59. The summed E-state index contributed by atoms with van der Waals surface area (Å²) in [6, 6.07) is 8.38. The van der Waals surface area contributed by atoms with Gasteiger partial charge in [-0.25, -0.2) is 0 Å². The van der Waals surface area contributed by atoms with E-state index in [-0.39, 0.29) is 18.1 Å². The van der Waals surface area contributed by atoms with Crippen molar-refractivity contribution in [1.82, 2.24) is 9.80 Å². The van der Waals surface area contributed by atoms with Crippen molar-refractivity contribution < 1.29 is 9.90 Å². The fourth-order valence-electron chi connectivity index (χ4n) is 4.15. The number of nitrogens with zero attached hydrogens (tertiary/aromatic N) is 2. The van der Waals surface area contributed by atoms with Gasteiger partial charge in [0.25, 0.3) is 0 Å². The summed E-state index contributed by atoms with van der Waals surface area (Å²) in [5.74, 6) is 0.469. The summed E-state index contributed by atoms with van der Waals surface area (Å²) in [5, 5.41) is 10.6. The zero-order chi connectivity index (χ0) is 16.4. The number of fused-ring (bicyclic) bond motifs is 1. The number of amides is 1. The van der Waals surface area contributed by atoms with Crippen LogP contribution in [0.1, 0.15) is 43.9 Å². The van der Waals surface area contributed by atoms with Gasteiger partial charge in [0.2, 0.25) is 5.91 Å². The van der Waals surface area contributed by atoms with Gasteiger partial charge in [-0.05, 0) is 57.3 Å². The molecule has 4 heteroatoms. The summed E-state index contributed by atoms with van der Waals surface area (Å²) in [5.41, 5.74) is 2.35. The normalized spacial score (nSPS) is 25.3. The van der Waals surface area contributed by atoms with Crippen LogP contribution in [0.4, 0.5) is 0 Å². The maximum absolute atomic E-state index is 12.5. The molecule has 0 bridgehead atoms. The standard InChI is InChI=1S/C19H28N2O2/c1-3-20(4-2)19(23)14-9-11-21(12-10-14)17-13-15-7-5-6-8-16(15)18(17)22/h5-8,14,17-18,22H,3-4,9-13H2,1-2H3/t17-,18+/m1/s1. The van der Waals surface area contributed by atoms with Gasteiger partial charge in [-0.15, -0.1) is 0 Å². The van der Waals surface area contributed by atoms with Crippen molar-refractivity contribution in [1.29, 1.82) is 0 Å². The van der Waals surface area contributed by atoms with Crippen LogP contribution in [-0.4, -0.2) is 53.0 Å². The number of hydrogen-bond acceptors (Lipinski definition) is 3. The van der Waals surface area contributed by atoms with Gasteiger partial charge >= 0.3 is 0 Å². The topological polar surface area (TPSA) is 43.8 Å². The Morgan fingerprint density at radius 1 is 1.22 bits per heavy atom. The van der Waals surface area contributed by atoms with Crippen molar-refractivity contribution in [3.63, 3.8) is 0 Å². The number of likely N-dealkylation sites (tertiary alicyclic amines) is 1. The summed E-state index contributed by atoms with van der Waals surface area (Å²) in [6.07, 6.45) is 2.36. The third kappa shape index (κ3) is 3.15. The minimum Gasteiger partial charge on any atom is -0.387 e. The molecule has 23 heavy (non-hydrogen) atoms. The molecule has 1 aliphatic heterocycles. The minimum atomic E-state index is -0.388. The molecule has 1 saturated heterocycles. The summed E-state index contributed by atoms with van der Waals surface area (Å²) >= 11 is 0. The van der Waals surface area contributed by atoms with Crippen LogP contribution in [0, 0.1) is 5.92 Å². The molecule has 1 N–H and O–H groups in total. The van der Waals surface area contributed by atoms with Gasteiger partial charge < -0.3 is 10.0 Å². The lowest BCUT2D eigenvalue weighted by atomic mass is 9.93. The molecule has 1 aliphatic carbocycles. The van der Waals surface area contributed by atoms with Gasteiger partial charge in [0.1, 0.15) is 0 Å². The molecular formula is C19H28N2O2. The molecule has 126 valence electrons. The van der Waals surface area contributed by atoms with Gasteiger partial charge in [-0.3, -0.25) is 9.69 Å². The van der Waals surface area contributed by atoms with E-state index in [2.05, 4.69) is 11.0 Å². The molecule has 1 fully saturated rings. The van der Waals surface area contributed by atoms with E-state index in [1.54, 1.807) is 0 Å². The van der Waals surface area contributed by atoms with E-state index in [1.165, 1.54) is 5.56 Å². The van der Waals surface area contributed by atoms with Crippen molar-refractivity contribution >= 4 is 5.91 Å². The van der Waals surface area contributed by atoms with Gasteiger partial charge in [-0.1, -0.05) is 24.3 Å². The second-order valence-corrected chi connectivity index (χ2v) is 6.74. The Labute approximate surface area is 139 Å². The zero-order valence-corrected chi connectivity index (χ0v) is 14.2. The number of benzene rings is 1. The molecule has 1 aromatic carbocycles. The second kappa shape index (κ2) is 7.02. The number of carbonyl (C=O) groups is 1. The predicted molar refractivity (Wildman–Crippen MR) is 91.1 cm³/mol. The summed E-state index contributed by atoms with van der Waals surface area (Å²) in [4.78, 5) is 16.8. The highest BCUT2D eigenvalue weighted by Gasteiger charge is 2.37. The third-order valence-corrected chi connectivity index (χ3v) is 5.59. The van der Waals surface area contributed by atoms with Crippen molar-refractivity contribution in [2.75, 3.05) is 26.2 Å². The molecule has 0 radical (unpaired) electrons. The Hall–Kier alpha value is -1.39. The first-order valence-corrected chi connectivity index (χ1v) is 8.94. The van der Waals surface area contributed by atoms with Crippen molar-refractivity contribution in [2.45, 2.75) is 45.3 Å². The summed E-state index contributed by atoms with van der Waals surface area (Å²) in [6.45, 7) is 7.50. The zero-order valence-electron chi connectivity index (χ0n) is 14.2. The van der Waals surface area contributed by atoms with Gasteiger partial charge in [-0.2, -0.15) is 0 Å². The molecule has 0 aromatic heterocycles. The maximum atomic E-state index is 12.5. The lowest BCUT2D eigenvalue weighted by Crippen LogP contribution is -2.47. The molecule has 0 unspecified atom stereocenters. The number of hydrogen-bond donors (Lipinski definition) is 1. The lowest BCUT2D eigenvalue weighted by molar-refractivity contribution is -0.137. The quantitative estimate of drug-likeness (QED) is 0.926. The first kappa shape index (κ1) is 16.5. The molecule has 1 aromatic rings. The Balaban J connectivity index is 1.59. The van der Waals surface area contributed by atoms with E-state index < -0.39 is 0 Å². The van der Waals surface area contributed by atoms with E-state index in [0.29, 0.717) is 5.91 Å². The smallest absolute Gasteiger partial charge is 0.225 e. The van der Waals surface area contributed by atoms with Gasteiger partial charge in [0.15, 0.2) is 0 Å². The Morgan fingerprint density at radius 3 is 2.48 bits per heavy atom. The molecule has 3 rings (SSSR count). The first-order chi connectivity index (χ1) is 11.2. The largest absolute Gasteiger partial charge is 0.387 e.